The summed E-state index contributed by atoms with van der Waals surface area (Å²) in [6.45, 7) is 2.88. The van der Waals surface area contributed by atoms with Crippen LogP contribution in [0.25, 0.3) is 0 Å². The normalized spacial score (nSPS) is 18.8. The summed E-state index contributed by atoms with van der Waals surface area (Å²) >= 11 is 0. The van der Waals surface area contributed by atoms with Crippen molar-refractivity contribution < 1.29 is 5.11 Å². The molecule has 2 aliphatic carbocycles. The molecule has 0 bridgehead atoms. The molecule has 2 rings (SSSR count). The Morgan fingerprint density at radius 1 is 0.958 bits per heavy atom. The molecule has 0 amide bonds. The van der Waals surface area contributed by atoms with Crippen LogP contribution < -0.4 is 0 Å². The van der Waals surface area contributed by atoms with Gasteiger partial charge >= 0.3 is 0 Å². The highest BCUT2D eigenvalue weighted by atomic mass is 16.3. The number of nitrogens with zero attached hydrogens (tertiary/aromatic N) is 2. The molecule has 0 spiro atoms. The molecule has 0 unspecified atom stereocenters. The summed E-state index contributed by atoms with van der Waals surface area (Å²) in [4.78, 5) is 0. The summed E-state index contributed by atoms with van der Waals surface area (Å²) in [7, 11) is 0. The number of rotatable bonds is 1. The maximum absolute atomic E-state index is 8.47. The van der Waals surface area contributed by atoms with Gasteiger partial charge in [0.1, 0.15) is 5.60 Å². The van der Waals surface area contributed by atoms with Crippen LogP contribution in [0.1, 0.15) is 78.1 Å². The molecular formula is C21H32N2O. The van der Waals surface area contributed by atoms with Crippen molar-refractivity contribution in [1.29, 1.82) is 10.5 Å². The number of hydrogen-bond acceptors (Lipinski definition) is 3. The van der Waals surface area contributed by atoms with Crippen molar-refractivity contribution in [3.05, 3.63) is 12.2 Å². The number of allylic oxidation sites excluding steroid dienone is 2. The zero-order chi connectivity index (χ0) is 18.3. The van der Waals surface area contributed by atoms with E-state index in [1.165, 1.54) is 78.1 Å². The van der Waals surface area contributed by atoms with Gasteiger partial charge in [0.2, 0.25) is 0 Å². The summed E-state index contributed by atoms with van der Waals surface area (Å²) in [5, 5.41) is 24.6. The lowest BCUT2D eigenvalue weighted by Crippen LogP contribution is -2.13. The van der Waals surface area contributed by atoms with Gasteiger partial charge in [0, 0.05) is 12.0 Å². The lowest BCUT2D eigenvalue weighted by atomic mass is 9.89. The number of terminal acetylenes is 1. The Labute approximate surface area is 148 Å². The molecule has 2 fully saturated rings. The average molecular weight is 329 g/mol. The van der Waals surface area contributed by atoms with Crippen molar-refractivity contribution >= 4 is 0 Å². The van der Waals surface area contributed by atoms with Crippen LogP contribution in [0.4, 0.5) is 0 Å². The van der Waals surface area contributed by atoms with Gasteiger partial charge in [0.25, 0.3) is 0 Å². The topological polar surface area (TPSA) is 67.8 Å². The number of hydrogen-bond donors (Lipinski definition) is 1. The zero-order valence-electron chi connectivity index (χ0n) is 15.3. The van der Waals surface area contributed by atoms with Crippen LogP contribution in [0.2, 0.25) is 0 Å². The Bertz CT molecular complexity index is 456. The largest absolute Gasteiger partial charge is 0.376 e. The Hall–Kier alpha value is -1.76. The van der Waals surface area contributed by atoms with Gasteiger partial charge in [-0.3, -0.25) is 0 Å². The molecule has 0 radical (unpaired) electrons. The van der Waals surface area contributed by atoms with E-state index in [4.69, 9.17) is 22.1 Å². The fourth-order valence-electron chi connectivity index (χ4n) is 2.77. The molecule has 132 valence electrons. The summed E-state index contributed by atoms with van der Waals surface area (Å²) in [6.07, 6.45) is 22.3. The molecule has 1 N–H and O–H groups in total. The number of nitriles is 2. The first-order valence-electron chi connectivity index (χ1n) is 9.09. The molecule has 0 aromatic heterocycles. The molecule has 3 heteroatoms. The molecule has 3 nitrogen and oxygen atoms in total. The SMILES string of the molecule is C#CC1CCCCC1.CC(C)(O)C#N.N#C/C=C/C1CCCCC1. The predicted molar refractivity (Wildman–Crippen MR) is 98.6 cm³/mol. The molecule has 2 saturated carbocycles. The van der Waals surface area contributed by atoms with E-state index in [-0.39, 0.29) is 0 Å². The molecule has 0 aliphatic heterocycles. The Morgan fingerprint density at radius 2 is 1.42 bits per heavy atom. The lowest BCUT2D eigenvalue weighted by Gasteiger charge is -2.16. The average Bonchev–Trinajstić information content (AvgIpc) is 2.62. The highest BCUT2D eigenvalue weighted by Gasteiger charge is 2.09. The van der Waals surface area contributed by atoms with Crippen LogP contribution in [0, 0.1) is 46.8 Å². The van der Waals surface area contributed by atoms with E-state index in [0.717, 1.165) is 0 Å². The van der Waals surface area contributed by atoms with Crippen LogP contribution in [-0.2, 0) is 0 Å². The van der Waals surface area contributed by atoms with Gasteiger partial charge in [-0.25, -0.2) is 0 Å². The first kappa shape index (κ1) is 22.2. The Kier molecular flexibility index (Phi) is 12.7. The summed E-state index contributed by atoms with van der Waals surface area (Å²) in [5.74, 6) is 4.12. The smallest absolute Gasteiger partial charge is 0.145 e. The van der Waals surface area contributed by atoms with E-state index < -0.39 is 5.60 Å². The second-order valence-corrected chi connectivity index (χ2v) is 7.06. The van der Waals surface area contributed by atoms with Crippen molar-refractivity contribution in [2.45, 2.75) is 83.7 Å². The maximum atomic E-state index is 8.47. The molecule has 0 aromatic rings. The predicted octanol–water partition coefficient (Wildman–Crippen LogP) is 5.13. The molecule has 0 aromatic carbocycles. The molecule has 24 heavy (non-hydrogen) atoms. The Balaban J connectivity index is 0.000000343. The van der Waals surface area contributed by atoms with Crippen LogP contribution in [-0.4, -0.2) is 10.7 Å². The van der Waals surface area contributed by atoms with E-state index in [1.807, 2.05) is 6.07 Å². The minimum absolute atomic E-state index is 0.615. The fourth-order valence-corrected chi connectivity index (χ4v) is 2.77. The van der Waals surface area contributed by atoms with Gasteiger partial charge in [0.05, 0.1) is 12.1 Å². The van der Waals surface area contributed by atoms with Crippen molar-refractivity contribution in [3.8, 4) is 24.5 Å². The van der Waals surface area contributed by atoms with E-state index in [2.05, 4.69) is 12.0 Å². The van der Waals surface area contributed by atoms with Crippen molar-refractivity contribution in [2.24, 2.45) is 11.8 Å². The monoisotopic (exact) mass is 328 g/mol. The van der Waals surface area contributed by atoms with Crippen LogP contribution in [0.3, 0.4) is 0 Å². The molecular weight excluding hydrogens is 296 g/mol. The third kappa shape index (κ3) is 13.9. The zero-order valence-corrected chi connectivity index (χ0v) is 15.3. The quantitative estimate of drug-likeness (QED) is 0.412. The highest BCUT2D eigenvalue weighted by Crippen LogP contribution is 2.24. The van der Waals surface area contributed by atoms with E-state index in [0.29, 0.717) is 11.8 Å². The lowest BCUT2D eigenvalue weighted by molar-refractivity contribution is 0.141. The maximum Gasteiger partial charge on any atom is 0.145 e. The first-order valence-corrected chi connectivity index (χ1v) is 9.09. The van der Waals surface area contributed by atoms with Crippen molar-refractivity contribution in [2.75, 3.05) is 0 Å². The first-order chi connectivity index (χ1) is 11.4. The second kappa shape index (κ2) is 13.7. The second-order valence-electron chi connectivity index (χ2n) is 7.06. The Morgan fingerprint density at radius 3 is 1.75 bits per heavy atom. The fraction of sp³-hybridized carbons (Fsp3) is 0.714. The third-order valence-electron chi connectivity index (χ3n) is 4.21. The molecule has 0 atom stereocenters. The summed E-state index contributed by atoms with van der Waals surface area (Å²) in [6, 6.07) is 3.69. The van der Waals surface area contributed by atoms with Gasteiger partial charge in [-0.1, -0.05) is 44.6 Å². The molecule has 2 aliphatic rings. The van der Waals surface area contributed by atoms with Gasteiger partial charge in [-0.05, 0) is 45.4 Å². The van der Waals surface area contributed by atoms with E-state index in [1.54, 1.807) is 12.1 Å². The van der Waals surface area contributed by atoms with Gasteiger partial charge in [-0.15, -0.1) is 12.3 Å². The minimum atomic E-state index is -1.15. The summed E-state index contributed by atoms with van der Waals surface area (Å²) < 4.78 is 0. The standard InChI is InChI=1S/C9H13N.C8H12.C4H7NO/c10-8-4-7-9-5-2-1-3-6-9;1-2-8-6-4-3-5-7-8;1-4(2,6)3-5/h4,7,9H,1-3,5-6H2;1,8H,3-7H2;6H,1-2H3/b7-4+;;. The van der Waals surface area contributed by atoms with Crippen molar-refractivity contribution in [1.82, 2.24) is 0 Å². The van der Waals surface area contributed by atoms with Gasteiger partial charge in [0.15, 0.2) is 0 Å². The number of aliphatic hydroxyl groups is 1. The minimum Gasteiger partial charge on any atom is -0.376 e. The van der Waals surface area contributed by atoms with Gasteiger partial charge < -0.3 is 5.11 Å². The van der Waals surface area contributed by atoms with Crippen molar-refractivity contribution in [3.63, 3.8) is 0 Å². The van der Waals surface area contributed by atoms with Crippen LogP contribution >= 0.6 is 0 Å². The van der Waals surface area contributed by atoms with Gasteiger partial charge in [-0.2, -0.15) is 10.5 Å². The molecule has 0 saturated heterocycles. The molecule has 0 heterocycles. The third-order valence-corrected chi connectivity index (χ3v) is 4.21. The highest BCUT2D eigenvalue weighted by molar-refractivity contribution is 5.04. The van der Waals surface area contributed by atoms with E-state index >= 15 is 0 Å². The summed E-state index contributed by atoms with van der Waals surface area (Å²) in [5.41, 5.74) is -1.15. The van der Waals surface area contributed by atoms with Crippen LogP contribution in [0.15, 0.2) is 12.2 Å². The van der Waals surface area contributed by atoms with Crippen LogP contribution in [0.5, 0.6) is 0 Å². The van der Waals surface area contributed by atoms with E-state index in [9.17, 15) is 0 Å².